The number of primary amides is 1. The van der Waals surface area contributed by atoms with Crippen molar-refractivity contribution < 1.29 is 4.79 Å². The second kappa shape index (κ2) is 6.88. The van der Waals surface area contributed by atoms with Crippen LogP contribution in [0.15, 0.2) is 40.9 Å². The lowest BCUT2D eigenvalue weighted by Crippen LogP contribution is -2.28. The van der Waals surface area contributed by atoms with E-state index in [0.29, 0.717) is 30.8 Å². The maximum Gasteiger partial charge on any atom is 0.244 e. The van der Waals surface area contributed by atoms with Crippen molar-refractivity contribution in [2.24, 2.45) is 5.73 Å². The molecule has 1 amide bonds. The average molecular weight is 409 g/mol. The summed E-state index contributed by atoms with van der Waals surface area (Å²) >= 11 is 21.3. The minimum absolute atomic E-state index is 0.406. The van der Waals surface area contributed by atoms with Crippen LogP contribution in [0.3, 0.4) is 0 Å². The quantitative estimate of drug-likeness (QED) is 0.744. The summed E-state index contributed by atoms with van der Waals surface area (Å²) in [7, 11) is 0. The minimum Gasteiger partial charge on any atom is -0.370 e. The molecule has 2 rings (SSSR count). The molecule has 2 aromatic rings. The van der Waals surface area contributed by atoms with E-state index >= 15 is 0 Å². The number of hydrogen-bond acceptors (Lipinski definition) is 2. The molecule has 0 radical (unpaired) electrons. The summed E-state index contributed by atoms with van der Waals surface area (Å²) in [6.07, 6.45) is 0. The molecule has 1 unspecified atom stereocenters. The summed E-state index contributed by atoms with van der Waals surface area (Å²) < 4.78 is 0.703. The van der Waals surface area contributed by atoms with Crippen molar-refractivity contribution in [3.05, 3.63) is 61.5 Å². The van der Waals surface area contributed by atoms with Crippen LogP contribution in [-0.4, -0.2) is 5.91 Å². The van der Waals surface area contributed by atoms with Crippen molar-refractivity contribution in [3.63, 3.8) is 0 Å². The Bertz CT molecular complexity index is 694. The van der Waals surface area contributed by atoms with Gasteiger partial charge in [-0.15, -0.1) is 0 Å². The van der Waals surface area contributed by atoms with Crippen LogP contribution in [0.2, 0.25) is 15.1 Å². The second-order valence-electron chi connectivity index (χ2n) is 4.27. The van der Waals surface area contributed by atoms with Gasteiger partial charge in [-0.25, -0.2) is 0 Å². The van der Waals surface area contributed by atoms with E-state index in [4.69, 9.17) is 40.5 Å². The number of carbonyl (C=O) groups is 1. The number of anilines is 1. The van der Waals surface area contributed by atoms with Gasteiger partial charge in [-0.2, -0.15) is 0 Å². The topological polar surface area (TPSA) is 55.1 Å². The molecule has 21 heavy (non-hydrogen) atoms. The van der Waals surface area contributed by atoms with E-state index in [9.17, 15) is 4.79 Å². The maximum absolute atomic E-state index is 11.7. The van der Waals surface area contributed by atoms with Gasteiger partial charge in [0.2, 0.25) is 5.91 Å². The fourth-order valence-electron chi connectivity index (χ4n) is 1.79. The van der Waals surface area contributed by atoms with E-state index in [1.807, 2.05) is 0 Å². The van der Waals surface area contributed by atoms with Gasteiger partial charge in [-0.05, 0) is 52.3 Å². The Kier molecular flexibility index (Phi) is 5.38. The molecular weight excluding hydrogens is 398 g/mol. The summed E-state index contributed by atoms with van der Waals surface area (Å²) in [5, 5.41) is 4.47. The SMILES string of the molecule is NC(=O)C(Nc1ccc(Cl)c(Br)c1)c1cc(Cl)ccc1Cl. The van der Waals surface area contributed by atoms with Crippen LogP contribution in [-0.2, 0) is 4.79 Å². The number of halogens is 4. The second-order valence-corrected chi connectivity index (χ2v) is 6.38. The van der Waals surface area contributed by atoms with Gasteiger partial charge in [0.25, 0.3) is 0 Å². The highest BCUT2D eigenvalue weighted by atomic mass is 79.9. The predicted molar refractivity (Wildman–Crippen MR) is 91.2 cm³/mol. The van der Waals surface area contributed by atoms with E-state index < -0.39 is 11.9 Å². The first-order valence-electron chi connectivity index (χ1n) is 5.84. The first-order chi connectivity index (χ1) is 9.88. The first-order valence-corrected chi connectivity index (χ1v) is 7.77. The van der Waals surface area contributed by atoms with E-state index in [-0.39, 0.29) is 0 Å². The molecule has 3 nitrogen and oxygen atoms in total. The van der Waals surface area contributed by atoms with E-state index in [1.165, 1.54) is 0 Å². The predicted octanol–water partition coefficient (Wildman–Crippen LogP) is 5.05. The third-order valence-electron chi connectivity index (χ3n) is 2.78. The van der Waals surface area contributed by atoms with Gasteiger partial charge in [0.1, 0.15) is 6.04 Å². The molecule has 2 aromatic carbocycles. The molecule has 0 aliphatic carbocycles. The lowest BCUT2D eigenvalue weighted by Gasteiger charge is -2.19. The zero-order valence-electron chi connectivity index (χ0n) is 10.5. The van der Waals surface area contributed by atoms with Crippen molar-refractivity contribution >= 4 is 62.3 Å². The largest absolute Gasteiger partial charge is 0.370 e. The first kappa shape index (κ1) is 16.4. The van der Waals surface area contributed by atoms with E-state index in [2.05, 4.69) is 21.2 Å². The molecule has 110 valence electrons. The van der Waals surface area contributed by atoms with Crippen LogP contribution < -0.4 is 11.1 Å². The van der Waals surface area contributed by atoms with Crippen molar-refractivity contribution in [1.82, 2.24) is 0 Å². The van der Waals surface area contributed by atoms with Crippen molar-refractivity contribution in [3.8, 4) is 0 Å². The standard InChI is InChI=1S/C14H10BrCl3N2O/c15-10-6-8(2-4-12(10)18)20-13(14(19)21)9-5-7(16)1-3-11(9)17/h1-6,13,20H,(H2,19,21). The molecule has 1 atom stereocenters. The third kappa shape index (κ3) is 4.04. The van der Waals surface area contributed by atoms with Gasteiger partial charge >= 0.3 is 0 Å². The summed E-state index contributed by atoms with van der Waals surface area (Å²) in [4.78, 5) is 11.7. The van der Waals surface area contributed by atoms with Crippen LogP contribution in [0, 0.1) is 0 Å². The van der Waals surface area contributed by atoms with Crippen LogP contribution >= 0.6 is 50.7 Å². The van der Waals surface area contributed by atoms with Gasteiger partial charge in [-0.1, -0.05) is 34.8 Å². The normalized spacial score (nSPS) is 12.0. The molecule has 0 saturated heterocycles. The molecule has 3 N–H and O–H groups in total. The van der Waals surface area contributed by atoms with Crippen LogP contribution in [0.25, 0.3) is 0 Å². The van der Waals surface area contributed by atoms with Crippen molar-refractivity contribution in [2.45, 2.75) is 6.04 Å². The maximum atomic E-state index is 11.7. The number of nitrogens with one attached hydrogen (secondary N) is 1. The Hall–Kier alpha value is -0.940. The Morgan fingerprint density at radius 3 is 2.38 bits per heavy atom. The molecule has 0 aliphatic rings. The molecule has 0 spiro atoms. The van der Waals surface area contributed by atoms with Crippen molar-refractivity contribution in [1.29, 1.82) is 0 Å². The summed E-state index contributed by atoms with van der Waals surface area (Å²) in [6, 6.07) is 9.25. The van der Waals surface area contributed by atoms with Gasteiger partial charge in [0, 0.05) is 25.8 Å². The molecule has 0 aliphatic heterocycles. The highest BCUT2D eigenvalue weighted by Gasteiger charge is 2.21. The zero-order valence-corrected chi connectivity index (χ0v) is 14.4. The monoisotopic (exact) mass is 406 g/mol. The smallest absolute Gasteiger partial charge is 0.244 e. The van der Waals surface area contributed by atoms with Gasteiger partial charge in [0.15, 0.2) is 0 Å². The number of hydrogen-bond donors (Lipinski definition) is 2. The summed E-state index contributed by atoms with van der Waals surface area (Å²) in [5.41, 5.74) is 6.65. The molecule has 7 heteroatoms. The Labute approximate surface area is 145 Å². The van der Waals surface area contributed by atoms with Crippen LogP contribution in [0.5, 0.6) is 0 Å². The molecule has 0 saturated carbocycles. The Morgan fingerprint density at radius 1 is 1.10 bits per heavy atom. The van der Waals surface area contributed by atoms with Crippen LogP contribution in [0.4, 0.5) is 5.69 Å². The number of carbonyl (C=O) groups excluding carboxylic acids is 1. The molecular formula is C14H10BrCl3N2O. The van der Waals surface area contributed by atoms with E-state index in [1.54, 1.807) is 36.4 Å². The van der Waals surface area contributed by atoms with E-state index in [0.717, 1.165) is 0 Å². The highest BCUT2D eigenvalue weighted by Crippen LogP contribution is 2.31. The summed E-state index contributed by atoms with van der Waals surface area (Å²) in [5.74, 6) is -0.565. The van der Waals surface area contributed by atoms with Crippen LogP contribution in [0.1, 0.15) is 11.6 Å². The fourth-order valence-corrected chi connectivity index (χ4v) is 2.69. The number of amides is 1. The fraction of sp³-hybridized carbons (Fsp3) is 0.0714. The number of rotatable bonds is 4. The lowest BCUT2D eigenvalue weighted by molar-refractivity contribution is -0.118. The summed E-state index contributed by atoms with van der Waals surface area (Å²) in [6.45, 7) is 0. The highest BCUT2D eigenvalue weighted by molar-refractivity contribution is 9.10. The van der Waals surface area contributed by atoms with Gasteiger partial charge in [-0.3, -0.25) is 4.79 Å². The lowest BCUT2D eigenvalue weighted by atomic mass is 10.1. The Balaban J connectivity index is 2.37. The molecule has 0 fully saturated rings. The molecule has 0 bridgehead atoms. The molecule has 0 heterocycles. The number of benzene rings is 2. The number of nitrogens with two attached hydrogens (primary N) is 1. The zero-order chi connectivity index (χ0) is 15.6. The minimum atomic E-state index is -0.802. The molecule has 0 aromatic heterocycles. The Morgan fingerprint density at radius 2 is 1.76 bits per heavy atom. The van der Waals surface area contributed by atoms with Crippen molar-refractivity contribution in [2.75, 3.05) is 5.32 Å². The average Bonchev–Trinajstić information content (AvgIpc) is 2.42. The van der Waals surface area contributed by atoms with Gasteiger partial charge < -0.3 is 11.1 Å². The third-order valence-corrected chi connectivity index (χ3v) is 4.58. The van der Waals surface area contributed by atoms with Gasteiger partial charge in [0.05, 0.1) is 5.02 Å².